The normalized spacial score (nSPS) is 13.6. The van der Waals surface area contributed by atoms with Crippen LogP contribution >= 0.6 is 36.4 Å². The van der Waals surface area contributed by atoms with Crippen LogP contribution in [0.2, 0.25) is 5.02 Å². The number of fused-ring (bicyclic) bond motifs is 1. The van der Waals surface area contributed by atoms with Crippen molar-refractivity contribution in [3.05, 3.63) is 16.7 Å². The third-order valence-electron chi connectivity index (χ3n) is 2.27. The lowest BCUT2D eigenvalue weighted by atomic mass is 10.2. The molecule has 2 N–H and O–H groups in total. The number of rotatable bonds is 2. The lowest BCUT2D eigenvalue weighted by Crippen LogP contribution is -2.16. The van der Waals surface area contributed by atoms with E-state index in [0.29, 0.717) is 29.4 Å². The van der Waals surface area contributed by atoms with Crippen LogP contribution in [0.25, 0.3) is 0 Å². The maximum absolute atomic E-state index is 6.15. The molecule has 0 amide bonds. The van der Waals surface area contributed by atoms with Crippen LogP contribution in [0.15, 0.2) is 6.07 Å². The second-order valence-electron chi connectivity index (χ2n) is 4.11. The number of hydrogen-bond donors (Lipinski definition) is 2. The van der Waals surface area contributed by atoms with Crippen molar-refractivity contribution in [2.24, 2.45) is 0 Å². The van der Waals surface area contributed by atoms with Crippen LogP contribution in [0.3, 0.4) is 0 Å². The summed E-state index contributed by atoms with van der Waals surface area (Å²) in [6, 6.07) is 2.21. The van der Waals surface area contributed by atoms with Gasteiger partial charge in [-0.05, 0) is 19.9 Å². The summed E-state index contributed by atoms with van der Waals surface area (Å²) in [5.41, 5.74) is 1.01. The van der Waals surface area contributed by atoms with E-state index >= 15 is 0 Å². The summed E-state index contributed by atoms with van der Waals surface area (Å²) in [4.78, 5) is 4.41. The summed E-state index contributed by atoms with van der Waals surface area (Å²) < 4.78 is 5.55. The molecule has 0 fully saturated rings. The van der Waals surface area contributed by atoms with Crippen LogP contribution in [-0.2, 0) is 6.54 Å². The summed E-state index contributed by atoms with van der Waals surface area (Å²) in [5.74, 6) is 1.37. The van der Waals surface area contributed by atoms with Crippen molar-refractivity contribution in [1.29, 1.82) is 0 Å². The number of anilines is 1. The molecule has 1 aromatic rings. The van der Waals surface area contributed by atoms with E-state index in [4.69, 9.17) is 16.3 Å². The maximum Gasteiger partial charge on any atom is 0.219 e. The minimum atomic E-state index is 0. The van der Waals surface area contributed by atoms with Crippen molar-refractivity contribution < 1.29 is 4.74 Å². The fraction of sp³-hybridized carbons (Fsp3) is 0.545. The molecule has 0 bridgehead atoms. The van der Waals surface area contributed by atoms with E-state index in [1.165, 1.54) is 0 Å². The molecule has 104 valence electrons. The Morgan fingerprint density at radius 2 is 2.17 bits per heavy atom. The molecular weight excluding hydrogens is 296 g/mol. The fourth-order valence-electron chi connectivity index (χ4n) is 1.58. The number of aromatic nitrogens is 1. The lowest BCUT2D eigenvalue weighted by Gasteiger charge is -2.13. The molecule has 1 aliphatic heterocycles. The molecule has 0 spiro atoms. The smallest absolute Gasteiger partial charge is 0.219 e. The van der Waals surface area contributed by atoms with E-state index in [0.717, 1.165) is 18.7 Å². The van der Waals surface area contributed by atoms with Crippen molar-refractivity contribution in [2.45, 2.75) is 26.4 Å². The van der Waals surface area contributed by atoms with E-state index in [2.05, 4.69) is 15.6 Å². The van der Waals surface area contributed by atoms with Crippen LogP contribution in [0, 0.1) is 0 Å². The van der Waals surface area contributed by atoms with Gasteiger partial charge >= 0.3 is 0 Å². The Morgan fingerprint density at radius 1 is 1.44 bits per heavy atom. The van der Waals surface area contributed by atoms with Crippen LogP contribution in [0.5, 0.6) is 5.88 Å². The Hall–Kier alpha value is -0.420. The van der Waals surface area contributed by atoms with Crippen LogP contribution in [0.1, 0.15) is 19.4 Å². The monoisotopic (exact) mass is 313 g/mol. The van der Waals surface area contributed by atoms with Crippen molar-refractivity contribution in [1.82, 2.24) is 10.3 Å². The van der Waals surface area contributed by atoms with Gasteiger partial charge in [-0.15, -0.1) is 24.8 Å². The highest BCUT2D eigenvalue weighted by Crippen LogP contribution is 2.28. The first-order valence-electron chi connectivity index (χ1n) is 5.46. The highest BCUT2D eigenvalue weighted by molar-refractivity contribution is 6.33. The van der Waals surface area contributed by atoms with Gasteiger partial charge in [-0.1, -0.05) is 11.6 Å². The first-order valence-corrected chi connectivity index (χ1v) is 5.84. The second kappa shape index (κ2) is 7.89. The molecule has 2 heterocycles. The standard InChI is InChI=1S/C11H16ClN3O.2ClH/c1-7(2)14-10-9(12)5-8-6-13-3-4-16-11(8)15-10;;/h5,7,13H,3-4,6H2,1-2H3,(H,14,15);2*1H. The van der Waals surface area contributed by atoms with Gasteiger partial charge in [0.25, 0.3) is 0 Å². The zero-order chi connectivity index (χ0) is 11.5. The van der Waals surface area contributed by atoms with Gasteiger partial charge in [-0.25, -0.2) is 0 Å². The molecule has 0 saturated carbocycles. The largest absolute Gasteiger partial charge is 0.476 e. The van der Waals surface area contributed by atoms with Gasteiger partial charge in [0.05, 0.1) is 5.02 Å². The van der Waals surface area contributed by atoms with Gasteiger partial charge in [0.2, 0.25) is 5.88 Å². The number of pyridine rings is 1. The number of nitrogens with zero attached hydrogens (tertiary/aromatic N) is 1. The van der Waals surface area contributed by atoms with Gasteiger partial charge in [-0.3, -0.25) is 0 Å². The zero-order valence-corrected chi connectivity index (χ0v) is 12.7. The Bertz CT molecular complexity index is 388. The van der Waals surface area contributed by atoms with E-state index in [1.807, 2.05) is 19.9 Å². The van der Waals surface area contributed by atoms with Crippen LogP contribution in [0.4, 0.5) is 5.82 Å². The SMILES string of the molecule is CC(C)Nc1nc2c(cc1Cl)CNCCO2.Cl.Cl. The zero-order valence-electron chi connectivity index (χ0n) is 10.3. The molecule has 18 heavy (non-hydrogen) atoms. The third-order valence-corrected chi connectivity index (χ3v) is 2.56. The molecule has 1 aliphatic rings. The van der Waals surface area contributed by atoms with Crippen molar-refractivity contribution in [2.75, 3.05) is 18.5 Å². The molecule has 1 aromatic heterocycles. The van der Waals surface area contributed by atoms with E-state index < -0.39 is 0 Å². The average molecular weight is 315 g/mol. The quantitative estimate of drug-likeness (QED) is 0.881. The summed E-state index contributed by atoms with van der Waals surface area (Å²) in [7, 11) is 0. The molecule has 0 atom stereocenters. The molecule has 0 unspecified atom stereocenters. The average Bonchev–Trinajstić information content (AvgIpc) is 2.42. The molecule has 0 radical (unpaired) electrons. The molecule has 0 aromatic carbocycles. The predicted molar refractivity (Wildman–Crippen MR) is 79.7 cm³/mol. The Labute approximate surface area is 125 Å². The highest BCUT2D eigenvalue weighted by atomic mass is 35.5. The first-order chi connectivity index (χ1) is 7.66. The van der Waals surface area contributed by atoms with Gasteiger partial charge in [0.15, 0.2) is 0 Å². The second-order valence-corrected chi connectivity index (χ2v) is 4.51. The van der Waals surface area contributed by atoms with Crippen LogP contribution < -0.4 is 15.4 Å². The van der Waals surface area contributed by atoms with Crippen molar-refractivity contribution in [3.63, 3.8) is 0 Å². The summed E-state index contributed by atoms with van der Waals surface area (Å²) in [6.45, 7) is 6.33. The number of halogens is 3. The lowest BCUT2D eigenvalue weighted by molar-refractivity contribution is 0.314. The van der Waals surface area contributed by atoms with Gasteiger partial charge in [0.1, 0.15) is 12.4 Å². The highest BCUT2D eigenvalue weighted by Gasteiger charge is 2.14. The molecule has 0 aliphatic carbocycles. The summed E-state index contributed by atoms with van der Waals surface area (Å²) >= 11 is 6.15. The Balaban J connectivity index is 0.00000144. The molecular formula is C11H18Cl3N3O. The van der Waals surface area contributed by atoms with Gasteiger partial charge in [-0.2, -0.15) is 4.98 Å². The number of ether oxygens (including phenoxy) is 1. The molecule has 0 saturated heterocycles. The van der Waals surface area contributed by atoms with E-state index in [9.17, 15) is 0 Å². The summed E-state index contributed by atoms with van der Waals surface area (Å²) in [5, 5.41) is 7.09. The van der Waals surface area contributed by atoms with E-state index in [1.54, 1.807) is 0 Å². The Kier molecular flexibility index (Phi) is 7.71. The minimum Gasteiger partial charge on any atom is -0.476 e. The van der Waals surface area contributed by atoms with Crippen molar-refractivity contribution in [3.8, 4) is 5.88 Å². The Morgan fingerprint density at radius 3 is 2.83 bits per heavy atom. The van der Waals surface area contributed by atoms with Gasteiger partial charge < -0.3 is 15.4 Å². The maximum atomic E-state index is 6.15. The molecule has 4 nitrogen and oxygen atoms in total. The topological polar surface area (TPSA) is 46.2 Å². The third kappa shape index (κ3) is 4.35. The number of hydrogen-bond acceptors (Lipinski definition) is 4. The van der Waals surface area contributed by atoms with Gasteiger partial charge in [0, 0.05) is 24.7 Å². The molecule has 7 heteroatoms. The van der Waals surface area contributed by atoms with Crippen LogP contribution in [-0.4, -0.2) is 24.2 Å². The predicted octanol–water partition coefficient (Wildman–Crippen LogP) is 2.88. The minimum absolute atomic E-state index is 0. The fourth-order valence-corrected chi connectivity index (χ4v) is 1.81. The first kappa shape index (κ1) is 17.6. The van der Waals surface area contributed by atoms with Crippen molar-refractivity contribution >= 4 is 42.2 Å². The molecule has 2 rings (SSSR count). The van der Waals surface area contributed by atoms with E-state index in [-0.39, 0.29) is 24.8 Å². The summed E-state index contributed by atoms with van der Waals surface area (Å²) in [6.07, 6.45) is 0. The number of nitrogens with one attached hydrogen (secondary N) is 2.